The zero-order chi connectivity index (χ0) is 23.7. The fourth-order valence-corrected chi connectivity index (χ4v) is 4.86. The molecule has 0 aliphatic heterocycles. The second-order valence-electron chi connectivity index (χ2n) is 7.62. The summed E-state index contributed by atoms with van der Waals surface area (Å²) in [6.45, 7) is 0. The summed E-state index contributed by atoms with van der Waals surface area (Å²) >= 11 is 6.62. The van der Waals surface area contributed by atoms with E-state index < -0.39 is 11.7 Å². The number of carboxylic acid groups (broad SMARTS) is 1. The second-order valence-corrected chi connectivity index (χ2v) is 8.97. The predicted octanol–water partition coefficient (Wildman–Crippen LogP) is 4.53. The van der Waals surface area contributed by atoms with E-state index in [9.17, 15) is 9.59 Å². The summed E-state index contributed by atoms with van der Waals surface area (Å²) in [5, 5.41) is 9.21. The van der Waals surface area contributed by atoms with Gasteiger partial charge in [-0.3, -0.25) is 14.3 Å². The van der Waals surface area contributed by atoms with Gasteiger partial charge in [0.2, 0.25) is 0 Å². The third-order valence-electron chi connectivity index (χ3n) is 5.53. The molecule has 0 fully saturated rings. The molecule has 4 aromatic rings. The SMILES string of the molecule is O=C(O)CSc1nccc(-n2cc(C3c4ccccc4C=Cc4ccccc43)c(=S)[nH]c2=O)n1. The minimum absolute atomic E-state index is 0.177. The molecule has 5 rings (SSSR count). The highest BCUT2D eigenvalue weighted by molar-refractivity contribution is 7.99. The van der Waals surface area contributed by atoms with E-state index in [0.717, 1.165) is 39.6 Å². The molecule has 0 saturated carbocycles. The van der Waals surface area contributed by atoms with Crippen LogP contribution < -0.4 is 5.69 Å². The number of aromatic amines is 1. The molecule has 0 unspecified atom stereocenters. The molecule has 2 aromatic heterocycles. The smallest absolute Gasteiger partial charge is 0.332 e. The molecular weight excluding hydrogens is 468 g/mol. The van der Waals surface area contributed by atoms with Gasteiger partial charge in [0, 0.05) is 23.9 Å². The molecule has 0 spiro atoms. The fourth-order valence-electron chi connectivity index (χ4n) is 4.06. The summed E-state index contributed by atoms with van der Waals surface area (Å²) in [5.74, 6) is -1.03. The van der Waals surface area contributed by atoms with E-state index in [1.54, 1.807) is 12.3 Å². The lowest BCUT2D eigenvalue weighted by atomic mass is 9.83. The van der Waals surface area contributed by atoms with E-state index in [1.807, 2.05) is 24.3 Å². The van der Waals surface area contributed by atoms with Crippen LogP contribution in [0.3, 0.4) is 0 Å². The van der Waals surface area contributed by atoms with Crippen molar-refractivity contribution in [3.05, 3.63) is 110 Å². The Labute approximate surface area is 203 Å². The van der Waals surface area contributed by atoms with Gasteiger partial charge in [-0.1, -0.05) is 84.7 Å². The normalized spacial score (nSPS) is 12.6. The van der Waals surface area contributed by atoms with Crippen LogP contribution in [0.5, 0.6) is 0 Å². The van der Waals surface area contributed by atoms with Gasteiger partial charge in [0.1, 0.15) is 10.5 Å². The molecule has 1 aliphatic rings. The van der Waals surface area contributed by atoms with E-state index in [-0.39, 0.29) is 16.8 Å². The number of H-pyrrole nitrogens is 1. The van der Waals surface area contributed by atoms with Crippen LogP contribution in [0.25, 0.3) is 18.0 Å². The topological polar surface area (TPSA) is 101 Å². The number of benzene rings is 2. The minimum atomic E-state index is -0.971. The molecule has 0 amide bonds. The van der Waals surface area contributed by atoms with Crippen LogP contribution in [-0.4, -0.2) is 36.3 Å². The highest BCUT2D eigenvalue weighted by atomic mass is 32.2. The molecule has 0 bridgehead atoms. The average Bonchev–Trinajstić information content (AvgIpc) is 3.00. The number of nitrogens with one attached hydrogen (secondary N) is 1. The van der Waals surface area contributed by atoms with Crippen molar-refractivity contribution in [2.45, 2.75) is 11.1 Å². The summed E-state index contributed by atoms with van der Waals surface area (Å²) in [6.07, 6.45) is 7.40. The van der Waals surface area contributed by atoms with Crippen molar-refractivity contribution in [2.24, 2.45) is 0 Å². The maximum atomic E-state index is 12.9. The predicted molar refractivity (Wildman–Crippen MR) is 134 cm³/mol. The van der Waals surface area contributed by atoms with Crippen LogP contribution >= 0.6 is 24.0 Å². The zero-order valence-electron chi connectivity index (χ0n) is 17.7. The van der Waals surface area contributed by atoms with Crippen LogP contribution in [-0.2, 0) is 4.79 Å². The molecule has 34 heavy (non-hydrogen) atoms. The molecule has 0 radical (unpaired) electrons. The Morgan fingerprint density at radius 2 is 1.68 bits per heavy atom. The van der Waals surface area contributed by atoms with Crippen LogP contribution in [0, 0.1) is 4.64 Å². The molecule has 2 N–H and O–H groups in total. The lowest BCUT2D eigenvalue weighted by molar-refractivity contribution is -0.133. The quantitative estimate of drug-likeness (QED) is 0.214. The number of fused-ring (bicyclic) bond motifs is 2. The van der Waals surface area contributed by atoms with Gasteiger partial charge < -0.3 is 5.11 Å². The van der Waals surface area contributed by atoms with E-state index >= 15 is 0 Å². The number of rotatable bonds is 5. The minimum Gasteiger partial charge on any atom is -0.481 e. The first-order chi connectivity index (χ1) is 16.5. The highest BCUT2D eigenvalue weighted by Crippen LogP contribution is 2.39. The monoisotopic (exact) mass is 486 g/mol. The lowest BCUT2D eigenvalue weighted by Crippen LogP contribution is -2.24. The third-order valence-corrected chi connectivity index (χ3v) is 6.71. The first-order valence-electron chi connectivity index (χ1n) is 10.4. The van der Waals surface area contributed by atoms with E-state index in [4.69, 9.17) is 17.3 Å². The van der Waals surface area contributed by atoms with Gasteiger partial charge in [0.05, 0.1) is 5.75 Å². The molecule has 168 valence electrons. The second kappa shape index (κ2) is 9.20. The van der Waals surface area contributed by atoms with Crippen molar-refractivity contribution in [3.8, 4) is 5.82 Å². The van der Waals surface area contributed by atoms with Gasteiger partial charge in [0.15, 0.2) is 5.16 Å². The highest BCUT2D eigenvalue weighted by Gasteiger charge is 2.25. The summed E-state index contributed by atoms with van der Waals surface area (Å²) in [6, 6.07) is 17.8. The molecular formula is C25H18N4O3S2. The van der Waals surface area contributed by atoms with Crippen LogP contribution in [0.15, 0.2) is 76.9 Å². The Kier molecular flexibility index (Phi) is 5.95. The van der Waals surface area contributed by atoms with Crippen LogP contribution in [0.1, 0.15) is 33.7 Å². The standard InChI is InChI=1S/C25H18N4O3S2/c30-21(31)14-34-24-26-12-11-20(27-24)29-13-19(23(33)28-25(29)32)22-17-7-3-1-5-15(17)9-10-16-6-2-4-8-18(16)22/h1-13,22H,14H2,(H,30,31)(H,28,32,33). The molecule has 2 heterocycles. The van der Waals surface area contributed by atoms with Crippen molar-refractivity contribution >= 4 is 42.1 Å². The van der Waals surface area contributed by atoms with E-state index in [0.29, 0.717) is 10.5 Å². The lowest BCUT2D eigenvalue weighted by Gasteiger charge is -2.21. The van der Waals surface area contributed by atoms with E-state index in [2.05, 4.69) is 51.4 Å². The third kappa shape index (κ3) is 4.23. The maximum Gasteiger partial charge on any atom is 0.332 e. The zero-order valence-corrected chi connectivity index (χ0v) is 19.3. The molecule has 2 aromatic carbocycles. The van der Waals surface area contributed by atoms with Gasteiger partial charge in [-0.2, -0.15) is 0 Å². The number of aromatic nitrogens is 4. The first kappa shape index (κ1) is 22.0. The van der Waals surface area contributed by atoms with Crippen molar-refractivity contribution in [3.63, 3.8) is 0 Å². The molecule has 7 nitrogen and oxygen atoms in total. The average molecular weight is 487 g/mol. The number of hydrogen-bond acceptors (Lipinski definition) is 6. The summed E-state index contributed by atoms with van der Waals surface area (Å²) in [5.41, 5.74) is 4.63. The van der Waals surface area contributed by atoms with Crippen molar-refractivity contribution in [1.29, 1.82) is 0 Å². The van der Waals surface area contributed by atoms with Gasteiger partial charge in [-0.25, -0.2) is 14.8 Å². The maximum absolute atomic E-state index is 12.9. The first-order valence-corrected chi connectivity index (χ1v) is 11.8. The molecule has 0 atom stereocenters. The fraction of sp³-hybridized carbons (Fsp3) is 0.0800. The Morgan fingerprint density at radius 3 is 2.32 bits per heavy atom. The Morgan fingerprint density at radius 1 is 1.03 bits per heavy atom. The number of aliphatic carboxylic acids is 1. The Balaban J connectivity index is 1.69. The van der Waals surface area contributed by atoms with E-state index in [1.165, 1.54) is 10.8 Å². The molecule has 1 aliphatic carbocycles. The van der Waals surface area contributed by atoms with Crippen LogP contribution in [0.2, 0.25) is 0 Å². The van der Waals surface area contributed by atoms with Gasteiger partial charge in [0.25, 0.3) is 0 Å². The van der Waals surface area contributed by atoms with Gasteiger partial charge in [-0.15, -0.1) is 0 Å². The van der Waals surface area contributed by atoms with Crippen molar-refractivity contribution in [2.75, 3.05) is 5.75 Å². The summed E-state index contributed by atoms with van der Waals surface area (Å²) < 4.78 is 1.74. The number of hydrogen-bond donors (Lipinski definition) is 2. The number of nitrogens with zero attached hydrogens (tertiary/aromatic N) is 3. The summed E-state index contributed by atoms with van der Waals surface area (Å²) in [4.78, 5) is 35.1. The Bertz CT molecular complexity index is 1510. The number of thioether (sulfide) groups is 1. The van der Waals surface area contributed by atoms with Crippen molar-refractivity contribution < 1.29 is 9.90 Å². The van der Waals surface area contributed by atoms with Crippen molar-refractivity contribution in [1.82, 2.24) is 19.5 Å². The molecule has 0 saturated heterocycles. The Hall–Kier alpha value is -3.82. The largest absolute Gasteiger partial charge is 0.481 e. The number of carboxylic acids is 1. The summed E-state index contributed by atoms with van der Waals surface area (Å²) in [7, 11) is 0. The van der Waals surface area contributed by atoms with Gasteiger partial charge in [-0.05, 0) is 28.3 Å². The van der Waals surface area contributed by atoms with Crippen LogP contribution in [0.4, 0.5) is 0 Å². The molecule has 9 heteroatoms. The van der Waals surface area contributed by atoms with Gasteiger partial charge >= 0.3 is 11.7 Å². The number of carbonyl (C=O) groups is 1.